The summed E-state index contributed by atoms with van der Waals surface area (Å²) >= 11 is 0. The molecule has 0 aliphatic carbocycles. The first-order chi connectivity index (χ1) is 14.0. The van der Waals surface area contributed by atoms with Crippen molar-refractivity contribution >= 4 is 21.7 Å². The fourth-order valence-electron chi connectivity index (χ4n) is 4.24. The maximum Gasteiger partial charge on any atom is 0.419 e. The highest BCUT2D eigenvalue weighted by Gasteiger charge is 2.38. The monoisotopic (exact) mass is 448 g/mol. The Bertz CT molecular complexity index is 870. The molecule has 0 radical (unpaired) electrons. The maximum absolute atomic E-state index is 13.4. The zero-order chi connectivity index (χ0) is 22.1. The second kappa shape index (κ2) is 8.70. The van der Waals surface area contributed by atoms with Crippen LogP contribution in [0.1, 0.15) is 31.2 Å². The van der Waals surface area contributed by atoms with Gasteiger partial charge in [0.15, 0.2) is 0 Å². The van der Waals surface area contributed by atoms with Gasteiger partial charge in [-0.25, -0.2) is 17.7 Å². The molecule has 0 spiro atoms. The molecular weight excluding hydrogens is 421 g/mol. The first-order valence-electron chi connectivity index (χ1n) is 9.97. The Labute approximate surface area is 174 Å². The van der Waals surface area contributed by atoms with E-state index < -0.39 is 21.8 Å². The number of likely N-dealkylation sites (tertiary alicyclic amines) is 1. The predicted octanol–water partition coefficient (Wildman–Crippen LogP) is 2.20. The van der Waals surface area contributed by atoms with E-state index in [9.17, 15) is 26.4 Å². The molecule has 7 nitrogen and oxygen atoms in total. The van der Waals surface area contributed by atoms with Crippen molar-refractivity contribution in [3.8, 4) is 0 Å². The van der Waals surface area contributed by atoms with Crippen LogP contribution in [-0.4, -0.2) is 74.0 Å². The van der Waals surface area contributed by atoms with Gasteiger partial charge in [-0.3, -0.25) is 4.79 Å². The van der Waals surface area contributed by atoms with Crippen molar-refractivity contribution in [2.45, 2.75) is 37.9 Å². The van der Waals surface area contributed by atoms with Gasteiger partial charge in [0.25, 0.3) is 0 Å². The second-order valence-corrected chi connectivity index (χ2v) is 9.98. The van der Waals surface area contributed by atoms with E-state index in [1.807, 2.05) is 0 Å². The molecule has 11 heteroatoms. The molecule has 2 fully saturated rings. The number of likely N-dealkylation sites (N-methyl/N-ethyl adjacent to an activating group) is 1. The largest absolute Gasteiger partial charge is 0.419 e. The number of nitrogens with zero attached hydrogens (tertiary/aromatic N) is 4. The van der Waals surface area contributed by atoms with Crippen molar-refractivity contribution in [1.82, 2.24) is 14.2 Å². The van der Waals surface area contributed by atoms with Gasteiger partial charge >= 0.3 is 6.18 Å². The van der Waals surface area contributed by atoms with Gasteiger partial charge in [0, 0.05) is 51.4 Å². The molecule has 1 atom stereocenters. The summed E-state index contributed by atoms with van der Waals surface area (Å²) in [6, 6.07) is 2.01. The van der Waals surface area contributed by atoms with Crippen molar-refractivity contribution in [3.05, 3.63) is 23.9 Å². The molecule has 0 bridgehead atoms. The van der Waals surface area contributed by atoms with E-state index in [2.05, 4.69) is 4.98 Å². The fraction of sp³-hybridized carbons (Fsp3) is 0.684. The van der Waals surface area contributed by atoms with E-state index in [0.29, 0.717) is 51.9 Å². The number of rotatable bonds is 4. The Balaban J connectivity index is 1.67. The lowest BCUT2D eigenvalue weighted by molar-refractivity contribution is -0.139. The minimum absolute atomic E-state index is 0.0432. The van der Waals surface area contributed by atoms with Crippen molar-refractivity contribution in [3.63, 3.8) is 0 Å². The van der Waals surface area contributed by atoms with E-state index in [-0.39, 0.29) is 23.7 Å². The number of halogens is 3. The van der Waals surface area contributed by atoms with E-state index in [1.165, 1.54) is 21.5 Å². The topological polar surface area (TPSA) is 73.8 Å². The van der Waals surface area contributed by atoms with Gasteiger partial charge in [0.2, 0.25) is 15.9 Å². The van der Waals surface area contributed by atoms with Gasteiger partial charge < -0.3 is 9.80 Å². The van der Waals surface area contributed by atoms with E-state index in [1.54, 1.807) is 11.9 Å². The van der Waals surface area contributed by atoms with Crippen molar-refractivity contribution in [2.75, 3.05) is 44.4 Å². The Morgan fingerprint density at radius 1 is 1.20 bits per heavy atom. The van der Waals surface area contributed by atoms with Gasteiger partial charge in [-0.2, -0.15) is 13.2 Å². The SMILES string of the molecule is CN(c1ncccc1C(F)(F)F)C1CCCN(C(=O)C2CCN(S(C)(=O)=O)CC2)C1. The van der Waals surface area contributed by atoms with Crippen LogP contribution < -0.4 is 4.90 Å². The van der Waals surface area contributed by atoms with Crippen LogP contribution >= 0.6 is 0 Å². The number of carbonyl (C=O) groups excluding carboxylic acids is 1. The Kier molecular flexibility index (Phi) is 6.61. The van der Waals surface area contributed by atoms with Crippen LogP contribution in [0, 0.1) is 5.92 Å². The zero-order valence-corrected chi connectivity index (χ0v) is 17.9. The highest BCUT2D eigenvalue weighted by molar-refractivity contribution is 7.88. The summed E-state index contributed by atoms with van der Waals surface area (Å²) in [7, 11) is -1.68. The molecule has 1 amide bonds. The van der Waals surface area contributed by atoms with E-state index in [0.717, 1.165) is 12.3 Å². The molecule has 2 aliphatic rings. The van der Waals surface area contributed by atoms with Crippen LogP contribution in [0.4, 0.5) is 19.0 Å². The Hall–Kier alpha value is -1.88. The lowest BCUT2D eigenvalue weighted by Crippen LogP contribution is -2.52. The van der Waals surface area contributed by atoms with Gasteiger partial charge in [-0.1, -0.05) is 0 Å². The summed E-state index contributed by atoms with van der Waals surface area (Å²) in [4.78, 5) is 20.2. The number of aromatic nitrogens is 1. The smallest absolute Gasteiger partial charge is 0.354 e. The average Bonchev–Trinajstić information content (AvgIpc) is 2.71. The van der Waals surface area contributed by atoms with Gasteiger partial charge in [0.05, 0.1) is 11.8 Å². The Morgan fingerprint density at radius 2 is 1.87 bits per heavy atom. The number of hydrogen-bond acceptors (Lipinski definition) is 5. The van der Waals surface area contributed by atoms with Crippen molar-refractivity contribution in [2.24, 2.45) is 5.92 Å². The highest BCUT2D eigenvalue weighted by Crippen LogP contribution is 2.36. The summed E-state index contributed by atoms with van der Waals surface area (Å²) in [6.45, 7) is 1.52. The second-order valence-electron chi connectivity index (χ2n) is 8.00. The lowest BCUT2D eigenvalue weighted by Gasteiger charge is -2.41. The number of amides is 1. The minimum atomic E-state index is -4.50. The molecule has 0 N–H and O–H groups in total. The van der Waals surface area contributed by atoms with Gasteiger partial charge in [0.1, 0.15) is 5.82 Å². The number of anilines is 1. The number of alkyl halides is 3. The molecule has 168 valence electrons. The first-order valence-corrected chi connectivity index (χ1v) is 11.8. The third kappa shape index (κ3) is 5.05. The average molecular weight is 449 g/mol. The highest BCUT2D eigenvalue weighted by atomic mass is 32.2. The molecule has 2 saturated heterocycles. The van der Waals surface area contributed by atoms with Crippen LogP contribution in [0.2, 0.25) is 0 Å². The number of hydrogen-bond donors (Lipinski definition) is 0. The first kappa shape index (κ1) is 22.8. The summed E-state index contributed by atoms with van der Waals surface area (Å²) in [5, 5.41) is 0. The third-order valence-electron chi connectivity index (χ3n) is 5.95. The lowest BCUT2D eigenvalue weighted by atomic mass is 9.94. The zero-order valence-electron chi connectivity index (χ0n) is 17.1. The molecule has 3 rings (SSSR count). The number of sulfonamides is 1. The van der Waals surface area contributed by atoms with E-state index in [4.69, 9.17) is 0 Å². The summed E-state index contributed by atoms with van der Waals surface area (Å²) in [6.07, 6.45) is 0.269. The number of pyridine rings is 1. The molecule has 1 aromatic rings. The van der Waals surface area contributed by atoms with Gasteiger partial charge in [-0.05, 0) is 37.8 Å². The quantitative estimate of drug-likeness (QED) is 0.706. The molecule has 1 aromatic heterocycles. The van der Waals surface area contributed by atoms with Crippen molar-refractivity contribution in [1.29, 1.82) is 0 Å². The van der Waals surface area contributed by atoms with Crippen LogP contribution in [0.15, 0.2) is 18.3 Å². The molecule has 3 heterocycles. The van der Waals surface area contributed by atoms with E-state index >= 15 is 0 Å². The third-order valence-corrected chi connectivity index (χ3v) is 7.26. The molecule has 0 saturated carbocycles. The standard InChI is InChI=1S/C19H27F3N4O3S/c1-24(17-16(19(20,21)22)6-3-9-23-17)15-5-4-10-25(13-15)18(27)14-7-11-26(12-8-14)30(2,28)29/h3,6,9,14-15H,4-5,7-8,10-13H2,1-2H3. The number of carbonyl (C=O) groups is 1. The fourth-order valence-corrected chi connectivity index (χ4v) is 5.11. The van der Waals surface area contributed by atoms with Crippen LogP contribution in [0.3, 0.4) is 0 Å². The van der Waals surface area contributed by atoms with Crippen LogP contribution in [0.5, 0.6) is 0 Å². The summed E-state index contributed by atoms with van der Waals surface area (Å²) in [5.74, 6) is -0.434. The normalized spacial score (nSPS) is 22.2. The number of piperidine rings is 2. The Morgan fingerprint density at radius 3 is 2.47 bits per heavy atom. The van der Waals surface area contributed by atoms with Crippen LogP contribution in [-0.2, 0) is 21.0 Å². The maximum atomic E-state index is 13.4. The van der Waals surface area contributed by atoms with Crippen LogP contribution in [0.25, 0.3) is 0 Å². The molecule has 1 unspecified atom stereocenters. The van der Waals surface area contributed by atoms with Crippen molar-refractivity contribution < 1.29 is 26.4 Å². The summed E-state index contributed by atoms with van der Waals surface area (Å²) < 4.78 is 64.8. The summed E-state index contributed by atoms with van der Waals surface area (Å²) in [5.41, 5.74) is -0.788. The molecular formula is C19H27F3N4O3S. The van der Waals surface area contributed by atoms with Gasteiger partial charge in [-0.15, -0.1) is 0 Å². The minimum Gasteiger partial charge on any atom is -0.354 e. The predicted molar refractivity (Wildman–Crippen MR) is 106 cm³/mol. The molecule has 2 aliphatic heterocycles. The molecule has 30 heavy (non-hydrogen) atoms. The molecule has 0 aromatic carbocycles.